The predicted molar refractivity (Wildman–Crippen MR) is 74.6 cm³/mol. The van der Waals surface area contributed by atoms with Gasteiger partial charge in [0.05, 0.1) is 17.9 Å². The van der Waals surface area contributed by atoms with Crippen molar-refractivity contribution < 1.29 is 0 Å². The van der Waals surface area contributed by atoms with Gasteiger partial charge in [-0.25, -0.2) is 0 Å². The predicted octanol–water partition coefficient (Wildman–Crippen LogP) is 2.94. The Kier molecular flexibility index (Phi) is 4.70. The minimum Gasteiger partial charge on any atom is -0.344 e. The second-order valence-corrected chi connectivity index (χ2v) is 5.78. The van der Waals surface area contributed by atoms with E-state index in [1.54, 1.807) is 17.8 Å². The number of nitriles is 1. The molecular weight excluding hydrogens is 291 g/mol. The zero-order chi connectivity index (χ0) is 13.0. The zero-order valence-corrected chi connectivity index (χ0v) is 11.7. The zero-order valence-electron chi connectivity index (χ0n) is 9.38. The number of alkyl halides is 2. The largest absolute Gasteiger partial charge is 0.344 e. The van der Waals surface area contributed by atoms with Crippen molar-refractivity contribution in [2.24, 2.45) is 4.99 Å². The summed E-state index contributed by atoms with van der Waals surface area (Å²) in [6.45, 7) is 1.48. The normalized spacial score (nSPS) is 17.4. The number of aliphatic imine (C=N–C) groups is 1. The molecule has 2 heterocycles. The Hall–Kier alpha value is -0.960. The number of thioether (sulfide) groups is 1. The first-order valence-corrected chi connectivity index (χ1v) is 7.15. The molecule has 4 nitrogen and oxygen atoms in total. The summed E-state index contributed by atoms with van der Waals surface area (Å²) in [5, 5.41) is 9.35. The lowest BCUT2D eigenvalue weighted by Crippen LogP contribution is -2.24. The van der Waals surface area contributed by atoms with E-state index in [4.69, 9.17) is 28.5 Å². The maximum absolute atomic E-state index is 8.60. The highest BCUT2D eigenvalue weighted by molar-refractivity contribution is 8.14. The first-order chi connectivity index (χ1) is 8.70. The quantitative estimate of drug-likeness (QED) is 0.636. The molecule has 18 heavy (non-hydrogen) atoms. The van der Waals surface area contributed by atoms with Crippen LogP contribution in [0.3, 0.4) is 0 Å². The highest BCUT2D eigenvalue weighted by atomic mass is 35.5. The van der Waals surface area contributed by atoms with Gasteiger partial charge in [-0.05, 0) is 12.1 Å². The fraction of sp³-hybridized carbons (Fsp3) is 0.364. The number of amidine groups is 1. The van der Waals surface area contributed by atoms with E-state index in [2.05, 4.69) is 9.98 Å². The summed E-state index contributed by atoms with van der Waals surface area (Å²) < 4.78 is 0. The molecule has 0 atom stereocenters. The fourth-order valence-electron chi connectivity index (χ4n) is 1.63. The minimum absolute atomic E-state index is 0.613. The molecule has 0 unspecified atom stereocenters. The van der Waals surface area contributed by atoms with E-state index < -0.39 is 4.84 Å². The molecule has 94 valence electrons. The van der Waals surface area contributed by atoms with Crippen LogP contribution < -0.4 is 0 Å². The van der Waals surface area contributed by atoms with Gasteiger partial charge in [0.1, 0.15) is 4.84 Å². The maximum Gasteiger partial charge on any atom is 0.208 e. The van der Waals surface area contributed by atoms with E-state index in [1.165, 1.54) is 0 Å². The molecule has 7 heteroatoms. The van der Waals surface area contributed by atoms with Crippen LogP contribution in [0.4, 0.5) is 0 Å². The molecule has 1 aromatic heterocycles. The van der Waals surface area contributed by atoms with Gasteiger partial charge in [0.2, 0.25) is 6.19 Å². The van der Waals surface area contributed by atoms with Crippen molar-refractivity contribution in [1.29, 1.82) is 5.26 Å². The number of hydrogen-bond donors (Lipinski definition) is 0. The first-order valence-electron chi connectivity index (χ1n) is 5.29. The third-order valence-electron chi connectivity index (χ3n) is 2.41. The number of halogens is 2. The van der Waals surface area contributed by atoms with Gasteiger partial charge in [-0.3, -0.25) is 4.98 Å². The summed E-state index contributed by atoms with van der Waals surface area (Å²) in [7, 11) is 0. The van der Waals surface area contributed by atoms with Gasteiger partial charge >= 0.3 is 0 Å². The average molecular weight is 301 g/mol. The molecule has 1 aliphatic heterocycles. The van der Waals surface area contributed by atoms with Crippen molar-refractivity contribution >= 4 is 40.1 Å². The topological polar surface area (TPSA) is 52.3 Å². The molecule has 0 N–H and O–H groups in total. The van der Waals surface area contributed by atoms with Gasteiger partial charge in [0.15, 0.2) is 5.17 Å². The minimum atomic E-state index is -0.620. The maximum atomic E-state index is 8.60. The van der Waals surface area contributed by atoms with Gasteiger partial charge in [-0.2, -0.15) is 5.26 Å². The van der Waals surface area contributed by atoms with Gasteiger partial charge in [-0.15, -0.1) is 4.99 Å². The van der Waals surface area contributed by atoms with Gasteiger partial charge in [-0.1, -0.05) is 41.0 Å². The van der Waals surface area contributed by atoms with Crippen LogP contribution in [0, 0.1) is 11.5 Å². The monoisotopic (exact) mass is 300 g/mol. The Morgan fingerprint density at radius 3 is 3.11 bits per heavy atom. The fourth-order valence-corrected chi connectivity index (χ4v) is 2.81. The van der Waals surface area contributed by atoms with E-state index in [1.807, 2.05) is 23.2 Å². The summed E-state index contributed by atoms with van der Waals surface area (Å²) >= 11 is 13.2. The van der Waals surface area contributed by atoms with Crippen molar-refractivity contribution in [3.63, 3.8) is 0 Å². The summed E-state index contributed by atoms with van der Waals surface area (Å²) in [4.78, 5) is 9.57. The van der Waals surface area contributed by atoms with E-state index in [-0.39, 0.29) is 0 Å². The molecule has 0 saturated carbocycles. The summed E-state index contributed by atoms with van der Waals surface area (Å²) in [5.74, 6) is 0.938. The van der Waals surface area contributed by atoms with E-state index in [9.17, 15) is 0 Å². The van der Waals surface area contributed by atoms with Crippen molar-refractivity contribution in [1.82, 2.24) is 9.88 Å². The highest BCUT2D eigenvalue weighted by Crippen LogP contribution is 2.24. The van der Waals surface area contributed by atoms with Crippen LogP contribution in [0.15, 0.2) is 23.2 Å². The number of rotatable bonds is 3. The van der Waals surface area contributed by atoms with E-state index >= 15 is 0 Å². The molecule has 2 rings (SSSR count). The lowest BCUT2D eigenvalue weighted by molar-refractivity contribution is 0.450. The van der Waals surface area contributed by atoms with Crippen LogP contribution in [0.2, 0.25) is 0 Å². The molecular formula is C11H10Cl2N4S. The number of pyridine rings is 1. The second-order valence-electron chi connectivity index (χ2n) is 3.62. The van der Waals surface area contributed by atoms with Crippen LogP contribution in [-0.2, 0) is 6.54 Å². The standard InChI is InChI=1S/C11H10Cl2N4S/c12-10(13)9-3-1-2-8(16-9)6-17-4-5-18-11(17)15-7-14/h1-3,10H,4-6H2. The molecule has 1 fully saturated rings. The Labute approximate surface area is 120 Å². The van der Waals surface area contributed by atoms with Crippen molar-refractivity contribution in [3.05, 3.63) is 29.6 Å². The third kappa shape index (κ3) is 3.29. The first kappa shape index (κ1) is 13.5. The van der Waals surface area contributed by atoms with Crippen molar-refractivity contribution in [2.45, 2.75) is 11.4 Å². The average Bonchev–Trinajstić information content (AvgIpc) is 2.77. The van der Waals surface area contributed by atoms with Crippen LogP contribution in [0.5, 0.6) is 0 Å². The molecule has 0 bridgehead atoms. The molecule has 0 aromatic carbocycles. The Morgan fingerprint density at radius 2 is 2.39 bits per heavy atom. The molecule has 1 saturated heterocycles. The van der Waals surface area contributed by atoms with Crippen LogP contribution >= 0.6 is 35.0 Å². The molecule has 0 radical (unpaired) electrons. The van der Waals surface area contributed by atoms with E-state index in [0.717, 1.165) is 23.2 Å². The second kappa shape index (κ2) is 6.28. The molecule has 1 aliphatic rings. The Morgan fingerprint density at radius 1 is 1.56 bits per heavy atom. The van der Waals surface area contributed by atoms with Gasteiger partial charge < -0.3 is 4.90 Å². The summed E-state index contributed by atoms with van der Waals surface area (Å²) in [5.41, 5.74) is 1.51. The number of hydrogen-bond acceptors (Lipinski definition) is 4. The number of nitrogens with zero attached hydrogens (tertiary/aromatic N) is 4. The SMILES string of the molecule is N#CN=C1SCCN1Cc1cccc(C(Cl)Cl)n1. The van der Waals surface area contributed by atoms with Crippen molar-refractivity contribution in [2.75, 3.05) is 12.3 Å². The molecule has 1 aromatic rings. The van der Waals surface area contributed by atoms with Crippen LogP contribution in [-0.4, -0.2) is 27.3 Å². The molecule has 0 aliphatic carbocycles. The van der Waals surface area contributed by atoms with Crippen molar-refractivity contribution in [3.8, 4) is 6.19 Å². The molecule has 0 spiro atoms. The third-order valence-corrected chi connectivity index (χ3v) is 3.85. The Balaban J connectivity index is 2.12. The lowest BCUT2D eigenvalue weighted by atomic mass is 10.3. The molecule has 0 amide bonds. The lowest BCUT2D eigenvalue weighted by Gasteiger charge is -2.16. The van der Waals surface area contributed by atoms with Crippen LogP contribution in [0.1, 0.15) is 16.2 Å². The number of aromatic nitrogens is 1. The van der Waals surface area contributed by atoms with Gasteiger partial charge in [0, 0.05) is 12.3 Å². The summed E-state index contributed by atoms with van der Waals surface area (Å²) in [6, 6.07) is 5.57. The van der Waals surface area contributed by atoms with Gasteiger partial charge in [0.25, 0.3) is 0 Å². The Bertz CT molecular complexity index is 498. The summed E-state index contributed by atoms with van der Waals surface area (Å²) in [6.07, 6.45) is 1.82. The van der Waals surface area contributed by atoms with E-state index in [0.29, 0.717) is 12.2 Å². The highest BCUT2D eigenvalue weighted by Gasteiger charge is 2.20. The van der Waals surface area contributed by atoms with Crippen LogP contribution in [0.25, 0.3) is 0 Å². The smallest absolute Gasteiger partial charge is 0.208 e.